The number of nitrogens with zero attached hydrogens (tertiary/aromatic N) is 2. The van der Waals surface area contributed by atoms with Crippen LogP contribution in [0.4, 0.5) is 10.1 Å². The smallest absolute Gasteiger partial charge is 0.148 e. The number of nitrogens with two attached hydrogens (primary N) is 1. The van der Waals surface area contributed by atoms with Crippen molar-refractivity contribution in [1.82, 2.24) is 9.55 Å². The molecule has 0 aliphatic heterocycles. The predicted molar refractivity (Wildman–Crippen MR) is 70.5 cm³/mol. The van der Waals surface area contributed by atoms with E-state index in [1.54, 1.807) is 34.9 Å². The van der Waals surface area contributed by atoms with Crippen LogP contribution < -0.4 is 5.73 Å². The first-order chi connectivity index (χ1) is 8.66. The Kier molecular flexibility index (Phi) is 2.45. The van der Waals surface area contributed by atoms with Gasteiger partial charge < -0.3 is 5.73 Å². The molecule has 0 amide bonds. The number of benzene rings is 2. The van der Waals surface area contributed by atoms with Gasteiger partial charge in [0.25, 0.3) is 0 Å². The molecule has 1 heterocycles. The molecule has 18 heavy (non-hydrogen) atoms. The molecule has 0 spiro atoms. The summed E-state index contributed by atoms with van der Waals surface area (Å²) in [7, 11) is 0. The number of rotatable bonds is 1. The van der Waals surface area contributed by atoms with Crippen molar-refractivity contribution in [3.05, 3.63) is 53.6 Å². The molecule has 0 atom stereocenters. The molecule has 1 aromatic heterocycles. The first-order valence-electron chi connectivity index (χ1n) is 5.34. The van der Waals surface area contributed by atoms with Gasteiger partial charge in [0, 0.05) is 5.69 Å². The van der Waals surface area contributed by atoms with Gasteiger partial charge >= 0.3 is 0 Å². The third-order valence-corrected chi connectivity index (χ3v) is 3.05. The van der Waals surface area contributed by atoms with E-state index in [-0.39, 0.29) is 0 Å². The van der Waals surface area contributed by atoms with E-state index in [2.05, 4.69) is 4.98 Å². The zero-order valence-electron chi connectivity index (χ0n) is 9.27. The number of imidazole rings is 1. The number of fused-ring (bicyclic) bond motifs is 1. The van der Waals surface area contributed by atoms with Gasteiger partial charge in [0.15, 0.2) is 0 Å². The van der Waals surface area contributed by atoms with Crippen LogP contribution in [0.2, 0.25) is 5.02 Å². The van der Waals surface area contributed by atoms with Crippen molar-refractivity contribution < 1.29 is 4.39 Å². The van der Waals surface area contributed by atoms with Crippen LogP contribution in [-0.4, -0.2) is 9.55 Å². The molecule has 0 saturated carbocycles. The normalized spacial score (nSPS) is 11.0. The molecule has 0 aliphatic carbocycles. The van der Waals surface area contributed by atoms with Crippen molar-refractivity contribution in [2.24, 2.45) is 0 Å². The standard InChI is InChI=1S/C13H9ClFN3/c14-9-2-1-3-10(15)13(9)18-7-17-11-6-8(16)4-5-12(11)18/h1-7H,16H2. The Morgan fingerprint density at radius 3 is 2.83 bits per heavy atom. The lowest BCUT2D eigenvalue weighted by atomic mass is 10.2. The molecule has 0 unspecified atom stereocenters. The van der Waals surface area contributed by atoms with Crippen molar-refractivity contribution in [3.8, 4) is 5.69 Å². The van der Waals surface area contributed by atoms with Gasteiger partial charge in [-0.3, -0.25) is 4.57 Å². The van der Waals surface area contributed by atoms with Crippen LogP contribution >= 0.6 is 11.6 Å². The Morgan fingerprint density at radius 1 is 1.22 bits per heavy atom. The second-order valence-electron chi connectivity index (χ2n) is 3.93. The molecule has 0 saturated heterocycles. The summed E-state index contributed by atoms with van der Waals surface area (Å²) < 4.78 is 15.5. The minimum Gasteiger partial charge on any atom is -0.399 e. The number of aromatic nitrogens is 2. The number of anilines is 1. The van der Waals surface area contributed by atoms with E-state index in [0.29, 0.717) is 21.9 Å². The first-order valence-corrected chi connectivity index (χ1v) is 5.71. The molecule has 3 aromatic rings. The van der Waals surface area contributed by atoms with E-state index in [1.165, 1.54) is 12.4 Å². The van der Waals surface area contributed by atoms with Gasteiger partial charge in [-0.1, -0.05) is 17.7 Å². The molecule has 2 aromatic carbocycles. The third-order valence-electron chi connectivity index (χ3n) is 2.75. The number of nitrogen functional groups attached to an aromatic ring is 1. The van der Waals surface area contributed by atoms with Crippen LogP contribution in [0.15, 0.2) is 42.7 Å². The molecule has 2 N–H and O–H groups in total. The molecule has 0 aliphatic rings. The molecule has 0 bridgehead atoms. The minimum atomic E-state index is -0.390. The average molecular weight is 262 g/mol. The fourth-order valence-corrected chi connectivity index (χ4v) is 2.18. The first kappa shape index (κ1) is 11.0. The number of hydrogen-bond acceptors (Lipinski definition) is 2. The molecular weight excluding hydrogens is 253 g/mol. The maximum atomic E-state index is 13.9. The van der Waals surface area contributed by atoms with Crippen molar-refractivity contribution >= 4 is 28.3 Å². The van der Waals surface area contributed by atoms with Gasteiger partial charge in [-0.15, -0.1) is 0 Å². The van der Waals surface area contributed by atoms with Crippen LogP contribution in [0.3, 0.4) is 0 Å². The van der Waals surface area contributed by atoms with Crippen LogP contribution in [0.1, 0.15) is 0 Å². The van der Waals surface area contributed by atoms with Crippen LogP contribution in [0.25, 0.3) is 16.7 Å². The molecule has 3 rings (SSSR count). The number of para-hydroxylation sites is 1. The van der Waals surface area contributed by atoms with Gasteiger partial charge in [-0.05, 0) is 30.3 Å². The SMILES string of the molecule is Nc1ccc2c(c1)ncn2-c1c(F)cccc1Cl. The highest BCUT2D eigenvalue weighted by atomic mass is 35.5. The van der Waals surface area contributed by atoms with E-state index < -0.39 is 5.82 Å². The quantitative estimate of drug-likeness (QED) is 0.682. The lowest BCUT2D eigenvalue weighted by molar-refractivity contribution is 0.619. The van der Waals surface area contributed by atoms with Crippen LogP contribution in [-0.2, 0) is 0 Å². The predicted octanol–water partition coefficient (Wildman–Crippen LogP) is 3.40. The van der Waals surface area contributed by atoms with Gasteiger partial charge in [0.1, 0.15) is 17.8 Å². The van der Waals surface area contributed by atoms with E-state index >= 15 is 0 Å². The summed E-state index contributed by atoms with van der Waals surface area (Å²) in [5.41, 5.74) is 8.06. The van der Waals surface area contributed by atoms with Gasteiger partial charge in [-0.25, -0.2) is 9.37 Å². The molecule has 90 valence electrons. The second kappa shape index (κ2) is 3.99. The van der Waals surface area contributed by atoms with Crippen molar-refractivity contribution in [1.29, 1.82) is 0 Å². The summed E-state index contributed by atoms with van der Waals surface area (Å²) in [6.45, 7) is 0. The topological polar surface area (TPSA) is 43.8 Å². The maximum absolute atomic E-state index is 13.9. The van der Waals surface area contributed by atoms with Crippen LogP contribution in [0.5, 0.6) is 0 Å². The van der Waals surface area contributed by atoms with Gasteiger partial charge in [-0.2, -0.15) is 0 Å². The summed E-state index contributed by atoms with van der Waals surface area (Å²) in [6, 6.07) is 9.85. The van der Waals surface area contributed by atoms with E-state index in [9.17, 15) is 4.39 Å². The fourth-order valence-electron chi connectivity index (χ4n) is 1.93. The van der Waals surface area contributed by atoms with Gasteiger partial charge in [0.05, 0.1) is 16.1 Å². The molecule has 3 nitrogen and oxygen atoms in total. The third kappa shape index (κ3) is 1.62. The Hall–Kier alpha value is -2.07. The van der Waals surface area contributed by atoms with Crippen molar-refractivity contribution in [2.45, 2.75) is 0 Å². The Balaban J connectivity index is 2.32. The average Bonchev–Trinajstić information content (AvgIpc) is 2.72. The second-order valence-corrected chi connectivity index (χ2v) is 4.34. The molecule has 0 fully saturated rings. The number of hydrogen-bond donors (Lipinski definition) is 1. The summed E-state index contributed by atoms with van der Waals surface area (Å²) in [5.74, 6) is -0.390. The van der Waals surface area contributed by atoms with Gasteiger partial charge in [0.2, 0.25) is 0 Å². The zero-order chi connectivity index (χ0) is 12.7. The highest BCUT2D eigenvalue weighted by Gasteiger charge is 2.12. The fraction of sp³-hybridized carbons (Fsp3) is 0. The summed E-state index contributed by atoms with van der Waals surface area (Å²) in [6.07, 6.45) is 1.54. The molecular formula is C13H9ClFN3. The van der Waals surface area contributed by atoms with Crippen molar-refractivity contribution in [3.63, 3.8) is 0 Å². The largest absolute Gasteiger partial charge is 0.399 e. The lowest BCUT2D eigenvalue weighted by Gasteiger charge is -2.07. The minimum absolute atomic E-state index is 0.298. The Bertz CT molecular complexity index is 716. The monoisotopic (exact) mass is 261 g/mol. The van der Waals surface area contributed by atoms with E-state index in [1.807, 2.05) is 0 Å². The highest BCUT2D eigenvalue weighted by molar-refractivity contribution is 6.32. The lowest BCUT2D eigenvalue weighted by Crippen LogP contribution is -1.97. The Morgan fingerprint density at radius 2 is 2.06 bits per heavy atom. The molecule has 5 heteroatoms. The Labute approximate surface area is 108 Å². The molecule has 0 radical (unpaired) electrons. The summed E-state index contributed by atoms with van der Waals surface area (Å²) >= 11 is 6.04. The van der Waals surface area contributed by atoms with E-state index in [4.69, 9.17) is 17.3 Å². The summed E-state index contributed by atoms with van der Waals surface area (Å²) in [4.78, 5) is 4.20. The highest BCUT2D eigenvalue weighted by Crippen LogP contribution is 2.27. The maximum Gasteiger partial charge on any atom is 0.148 e. The number of halogens is 2. The van der Waals surface area contributed by atoms with Crippen molar-refractivity contribution in [2.75, 3.05) is 5.73 Å². The van der Waals surface area contributed by atoms with Crippen LogP contribution in [0, 0.1) is 5.82 Å². The summed E-state index contributed by atoms with van der Waals surface area (Å²) in [5, 5.41) is 0.339. The zero-order valence-corrected chi connectivity index (χ0v) is 10.0. The van der Waals surface area contributed by atoms with E-state index in [0.717, 1.165) is 5.52 Å².